The Balaban J connectivity index is 1.65. The summed E-state index contributed by atoms with van der Waals surface area (Å²) in [4.78, 5) is 23.8. The largest absolute Gasteiger partial charge is 0.464 e. The fourth-order valence-electron chi connectivity index (χ4n) is 4.21. The summed E-state index contributed by atoms with van der Waals surface area (Å²) in [5, 5.41) is 13.1. The molecule has 4 rings (SSSR count). The Labute approximate surface area is 175 Å². The molecule has 1 aliphatic carbocycles. The third kappa shape index (κ3) is 4.36. The summed E-state index contributed by atoms with van der Waals surface area (Å²) in [6.07, 6.45) is 5.62. The van der Waals surface area contributed by atoms with Gasteiger partial charge in [0.05, 0.1) is 18.2 Å². The second kappa shape index (κ2) is 9.35. The Bertz CT molecular complexity index is 948. The van der Waals surface area contributed by atoms with Gasteiger partial charge in [-0.1, -0.05) is 25.3 Å². The van der Waals surface area contributed by atoms with Gasteiger partial charge in [0, 0.05) is 26.2 Å². The number of esters is 1. The summed E-state index contributed by atoms with van der Waals surface area (Å²) in [5.74, 6) is -1.54. The van der Waals surface area contributed by atoms with Gasteiger partial charge in [-0.15, -0.1) is 0 Å². The highest BCUT2D eigenvalue weighted by Crippen LogP contribution is 2.30. The van der Waals surface area contributed by atoms with Crippen molar-refractivity contribution >= 4 is 22.8 Å². The van der Waals surface area contributed by atoms with Crippen LogP contribution in [0.1, 0.15) is 43.7 Å². The highest BCUT2D eigenvalue weighted by molar-refractivity contribution is 5.85. The first kappa shape index (κ1) is 20.5. The molecule has 8 heteroatoms. The van der Waals surface area contributed by atoms with Crippen LogP contribution in [0.4, 0.5) is 10.2 Å². The zero-order valence-corrected chi connectivity index (χ0v) is 16.9. The monoisotopic (exact) mass is 411 g/mol. The van der Waals surface area contributed by atoms with E-state index in [2.05, 4.69) is 21.4 Å². The number of hydrogen-bond donors (Lipinski definition) is 1. The molecule has 0 amide bonds. The number of benzene rings is 1. The lowest BCUT2D eigenvalue weighted by atomic mass is 9.90. The van der Waals surface area contributed by atoms with E-state index in [9.17, 15) is 14.4 Å². The highest BCUT2D eigenvalue weighted by Gasteiger charge is 2.31. The summed E-state index contributed by atoms with van der Waals surface area (Å²) in [7, 11) is 0. The van der Waals surface area contributed by atoms with Crippen LogP contribution in [0.5, 0.6) is 0 Å². The van der Waals surface area contributed by atoms with Gasteiger partial charge in [0.15, 0.2) is 17.6 Å². The van der Waals surface area contributed by atoms with Crippen LogP contribution in [-0.2, 0) is 9.53 Å². The Kier molecular flexibility index (Phi) is 6.38. The van der Waals surface area contributed by atoms with Crippen LogP contribution in [0.15, 0.2) is 18.2 Å². The molecule has 2 aromatic rings. The molecule has 1 atom stereocenters. The average Bonchev–Trinajstić information content (AvgIpc) is 2.79. The van der Waals surface area contributed by atoms with Gasteiger partial charge in [-0.2, -0.15) is 5.26 Å². The van der Waals surface area contributed by atoms with Gasteiger partial charge in [-0.05, 0) is 30.9 Å². The molecule has 1 unspecified atom stereocenters. The lowest BCUT2D eigenvalue weighted by Crippen LogP contribution is -2.44. The molecule has 30 heavy (non-hydrogen) atoms. The molecule has 0 bridgehead atoms. The number of carbonyl (C=O) groups excluding carboxylic acids is 1. The first-order chi connectivity index (χ1) is 14.7. The van der Waals surface area contributed by atoms with E-state index < -0.39 is 17.7 Å². The molecule has 2 aliphatic rings. The van der Waals surface area contributed by atoms with Crippen molar-refractivity contribution in [1.82, 2.24) is 15.3 Å². The number of nitrogens with zero attached hydrogens (tertiary/aromatic N) is 4. The molecule has 0 spiro atoms. The summed E-state index contributed by atoms with van der Waals surface area (Å²) >= 11 is 0. The predicted octanol–water partition coefficient (Wildman–Crippen LogP) is 2.91. The van der Waals surface area contributed by atoms with E-state index >= 15 is 0 Å². The number of piperazine rings is 1. The molecule has 1 aromatic heterocycles. The minimum atomic E-state index is -1.20. The number of para-hydroxylation sites is 1. The molecule has 1 saturated carbocycles. The molecular formula is C22H26FN5O2. The smallest absolute Gasteiger partial charge is 0.329 e. The van der Waals surface area contributed by atoms with Crippen molar-refractivity contribution in [1.29, 1.82) is 5.26 Å². The van der Waals surface area contributed by atoms with E-state index in [1.54, 1.807) is 12.1 Å². The third-order valence-corrected chi connectivity index (χ3v) is 5.89. The summed E-state index contributed by atoms with van der Waals surface area (Å²) in [5.41, 5.74) is 0.706. The number of nitrogens with one attached hydrogen (secondary N) is 1. The fourth-order valence-corrected chi connectivity index (χ4v) is 4.21. The van der Waals surface area contributed by atoms with E-state index in [0.29, 0.717) is 36.9 Å². The van der Waals surface area contributed by atoms with E-state index in [1.165, 1.54) is 12.5 Å². The first-order valence-corrected chi connectivity index (χ1v) is 10.7. The van der Waals surface area contributed by atoms with Crippen molar-refractivity contribution < 1.29 is 13.9 Å². The number of fused-ring (bicyclic) bond motifs is 1. The first-order valence-electron chi connectivity index (χ1n) is 10.7. The van der Waals surface area contributed by atoms with Crippen LogP contribution in [0.25, 0.3) is 11.0 Å². The van der Waals surface area contributed by atoms with Crippen LogP contribution < -0.4 is 10.2 Å². The Morgan fingerprint density at radius 1 is 1.27 bits per heavy atom. The second-order valence-electron chi connectivity index (χ2n) is 7.97. The number of halogens is 1. The molecule has 1 aliphatic heterocycles. The lowest BCUT2D eigenvalue weighted by Gasteiger charge is -2.30. The number of aromatic nitrogens is 2. The van der Waals surface area contributed by atoms with Gasteiger partial charge in [0.2, 0.25) is 0 Å². The van der Waals surface area contributed by atoms with E-state index in [4.69, 9.17) is 4.74 Å². The summed E-state index contributed by atoms with van der Waals surface area (Å²) in [6, 6.07) is 6.57. The van der Waals surface area contributed by atoms with E-state index in [-0.39, 0.29) is 11.2 Å². The van der Waals surface area contributed by atoms with Gasteiger partial charge < -0.3 is 15.0 Å². The number of ether oxygens (including phenoxy) is 1. The van der Waals surface area contributed by atoms with E-state index in [0.717, 1.165) is 38.8 Å². The molecule has 2 heterocycles. The maximum atomic E-state index is 14.3. The van der Waals surface area contributed by atoms with Crippen LogP contribution in [0.2, 0.25) is 0 Å². The number of rotatable bonds is 5. The van der Waals surface area contributed by atoms with Crippen molar-refractivity contribution in [3.05, 3.63) is 29.7 Å². The topological polar surface area (TPSA) is 91.1 Å². The Morgan fingerprint density at radius 3 is 2.77 bits per heavy atom. The Hall–Kier alpha value is -2.79. The minimum absolute atomic E-state index is 0.141. The standard InChI is InChI=1S/C22H26FN5O2/c23-17-7-4-8-18-20(17)27-21(28-11-9-25-10-12-28)19(26-18)16(13-24)22(29)30-14-15-5-2-1-3-6-15/h4,7-8,15-16,25H,1-3,5-6,9-12,14H2. The summed E-state index contributed by atoms with van der Waals surface area (Å²) < 4.78 is 19.9. The molecule has 7 nitrogen and oxygen atoms in total. The number of nitriles is 1. The molecule has 2 fully saturated rings. The van der Waals surface area contributed by atoms with Crippen molar-refractivity contribution in [2.24, 2.45) is 5.92 Å². The zero-order chi connectivity index (χ0) is 20.9. The van der Waals surface area contributed by atoms with Crippen molar-refractivity contribution in [3.63, 3.8) is 0 Å². The highest BCUT2D eigenvalue weighted by atomic mass is 19.1. The van der Waals surface area contributed by atoms with Crippen LogP contribution >= 0.6 is 0 Å². The third-order valence-electron chi connectivity index (χ3n) is 5.89. The predicted molar refractivity (Wildman–Crippen MR) is 110 cm³/mol. The number of hydrogen-bond acceptors (Lipinski definition) is 7. The van der Waals surface area contributed by atoms with Gasteiger partial charge >= 0.3 is 5.97 Å². The van der Waals surface area contributed by atoms with E-state index in [1.807, 2.05) is 4.90 Å². The minimum Gasteiger partial charge on any atom is -0.464 e. The molecular weight excluding hydrogens is 385 g/mol. The number of anilines is 1. The quantitative estimate of drug-likeness (QED) is 0.757. The van der Waals surface area contributed by atoms with Crippen molar-refractivity contribution in [3.8, 4) is 6.07 Å². The van der Waals surface area contributed by atoms with Gasteiger partial charge in [-0.25, -0.2) is 14.4 Å². The molecule has 0 radical (unpaired) electrons. The van der Waals surface area contributed by atoms with Gasteiger partial charge in [0.25, 0.3) is 0 Å². The van der Waals surface area contributed by atoms with Crippen LogP contribution in [-0.4, -0.2) is 48.7 Å². The van der Waals surface area contributed by atoms with Gasteiger partial charge in [0.1, 0.15) is 11.2 Å². The molecule has 158 valence electrons. The normalized spacial score (nSPS) is 18.7. The van der Waals surface area contributed by atoms with Crippen LogP contribution in [0, 0.1) is 23.1 Å². The lowest BCUT2D eigenvalue weighted by molar-refractivity contribution is -0.145. The molecule has 1 saturated heterocycles. The Morgan fingerprint density at radius 2 is 2.03 bits per heavy atom. The fraction of sp³-hybridized carbons (Fsp3) is 0.545. The SMILES string of the molecule is N#CC(C(=O)OCC1CCCCC1)c1nc2cccc(F)c2nc1N1CCNCC1. The van der Waals surface area contributed by atoms with Crippen LogP contribution in [0.3, 0.4) is 0 Å². The maximum Gasteiger partial charge on any atom is 0.329 e. The average molecular weight is 411 g/mol. The number of carbonyl (C=O) groups is 1. The van der Waals surface area contributed by atoms with Crippen molar-refractivity contribution in [2.45, 2.75) is 38.0 Å². The second-order valence-corrected chi connectivity index (χ2v) is 7.97. The summed E-state index contributed by atoms with van der Waals surface area (Å²) in [6.45, 7) is 3.07. The van der Waals surface area contributed by atoms with Crippen molar-refractivity contribution in [2.75, 3.05) is 37.7 Å². The molecule has 1 N–H and O–H groups in total. The van der Waals surface area contributed by atoms with Gasteiger partial charge in [-0.3, -0.25) is 4.79 Å². The molecule has 1 aromatic carbocycles. The zero-order valence-electron chi connectivity index (χ0n) is 16.9. The maximum absolute atomic E-state index is 14.3.